The summed E-state index contributed by atoms with van der Waals surface area (Å²) in [5.41, 5.74) is 2.29. The van der Waals surface area contributed by atoms with E-state index in [2.05, 4.69) is 29.4 Å². The van der Waals surface area contributed by atoms with E-state index < -0.39 is 0 Å². The quantitative estimate of drug-likeness (QED) is 0.339. The van der Waals surface area contributed by atoms with Crippen LogP contribution < -0.4 is 10.1 Å². The summed E-state index contributed by atoms with van der Waals surface area (Å²) >= 11 is 1.59. The number of carbonyl (C=O) groups is 1. The summed E-state index contributed by atoms with van der Waals surface area (Å²) in [6, 6.07) is 13.1. The first-order valence-electron chi connectivity index (χ1n) is 9.72. The van der Waals surface area contributed by atoms with Gasteiger partial charge in [0.05, 0.1) is 21.8 Å². The maximum absolute atomic E-state index is 12.6. The van der Waals surface area contributed by atoms with Crippen LogP contribution in [0.1, 0.15) is 48.0 Å². The Labute approximate surface area is 170 Å². The summed E-state index contributed by atoms with van der Waals surface area (Å²) in [5, 5.41) is 3.95. The van der Waals surface area contributed by atoms with E-state index in [-0.39, 0.29) is 5.91 Å². The summed E-state index contributed by atoms with van der Waals surface area (Å²) in [6.07, 6.45) is 8.73. The standard InChI is InChI=1S/C23H26N2O2S/c1-3-4-5-6-7-8-14-27-20-11-9-10-19(16-20)25-23(26)18-12-13-21-22(15-18)28-17(2)24-21/h4-5,9-13,15-16H,3,6-8,14H2,1-2H3,(H,25,26). The van der Waals surface area contributed by atoms with E-state index in [9.17, 15) is 4.79 Å². The van der Waals surface area contributed by atoms with Crippen LogP contribution in [-0.4, -0.2) is 17.5 Å². The Bertz CT molecular complexity index is 962. The Hall–Kier alpha value is -2.66. The van der Waals surface area contributed by atoms with Gasteiger partial charge in [-0.3, -0.25) is 4.79 Å². The van der Waals surface area contributed by atoms with Gasteiger partial charge in [0.1, 0.15) is 5.75 Å². The van der Waals surface area contributed by atoms with Crippen LogP contribution in [0.3, 0.4) is 0 Å². The van der Waals surface area contributed by atoms with E-state index in [0.717, 1.165) is 52.3 Å². The van der Waals surface area contributed by atoms with Crippen LogP contribution in [0.5, 0.6) is 5.75 Å². The molecule has 0 atom stereocenters. The number of carbonyl (C=O) groups excluding carboxylic acids is 1. The molecule has 2 aromatic carbocycles. The average molecular weight is 395 g/mol. The van der Waals surface area contributed by atoms with Gasteiger partial charge in [-0.1, -0.05) is 25.1 Å². The predicted octanol–water partition coefficient (Wildman–Crippen LogP) is 6.37. The molecule has 0 aliphatic rings. The van der Waals surface area contributed by atoms with Gasteiger partial charge in [0.15, 0.2) is 0 Å². The number of fused-ring (bicyclic) bond motifs is 1. The normalized spacial score (nSPS) is 11.2. The average Bonchev–Trinajstić information content (AvgIpc) is 3.06. The molecule has 5 heteroatoms. The molecule has 3 aromatic rings. The molecule has 1 amide bonds. The Morgan fingerprint density at radius 3 is 2.93 bits per heavy atom. The fourth-order valence-electron chi connectivity index (χ4n) is 2.89. The molecule has 0 aliphatic carbocycles. The van der Waals surface area contributed by atoms with Gasteiger partial charge in [0.25, 0.3) is 5.91 Å². The molecule has 0 unspecified atom stereocenters. The van der Waals surface area contributed by atoms with Crippen molar-refractivity contribution in [3.8, 4) is 5.75 Å². The van der Waals surface area contributed by atoms with Gasteiger partial charge < -0.3 is 10.1 Å². The molecule has 0 bridgehead atoms. The summed E-state index contributed by atoms with van der Waals surface area (Å²) in [4.78, 5) is 17.0. The number of nitrogens with one attached hydrogen (secondary N) is 1. The topological polar surface area (TPSA) is 51.2 Å². The lowest BCUT2D eigenvalue weighted by atomic mass is 10.2. The molecule has 0 saturated heterocycles. The van der Waals surface area contributed by atoms with E-state index in [1.807, 2.05) is 49.4 Å². The third-order valence-corrected chi connectivity index (χ3v) is 5.22. The number of amides is 1. The molecule has 1 aromatic heterocycles. The van der Waals surface area contributed by atoms with E-state index in [1.165, 1.54) is 0 Å². The molecule has 3 rings (SSSR count). The summed E-state index contributed by atoms with van der Waals surface area (Å²) < 4.78 is 6.84. The summed E-state index contributed by atoms with van der Waals surface area (Å²) in [5.74, 6) is 0.642. The minimum Gasteiger partial charge on any atom is -0.494 e. The molecule has 0 saturated carbocycles. The van der Waals surface area contributed by atoms with Crippen molar-refractivity contribution in [3.63, 3.8) is 0 Å². The lowest BCUT2D eigenvalue weighted by molar-refractivity contribution is 0.102. The highest BCUT2D eigenvalue weighted by Crippen LogP contribution is 2.24. The summed E-state index contributed by atoms with van der Waals surface area (Å²) in [7, 11) is 0. The molecule has 28 heavy (non-hydrogen) atoms. The van der Waals surface area contributed by atoms with E-state index in [1.54, 1.807) is 11.3 Å². The molecule has 0 radical (unpaired) electrons. The number of rotatable bonds is 9. The maximum atomic E-state index is 12.6. The van der Waals surface area contributed by atoms with Gasteiger partial charge >= 0.3 is 0 Å². The number of anilines is 1. The zero-order valence-electron chi connectivity index (χ0n) is 16.4. The maximum Gasteiger partial charge on any atom is 0.255 e. The minimum atomic E-state index is -0.132. The molecule has 146 valence electrons. The van der Waals surface area contributed by atoms with Gasteiger partial charge in [-0.2, -0.15) is 0 Å². The van der Waals surface area contributed by atoms with Crippen LogP contribution in [0.25, 0.3) is 10.2 Å². The second kappa shape index (κ2) is 10.0. The third-order valence-electron chi connectivity index (χ3n) is 4.29. The molecule has 4 nitrogen and oxygen atoms in total. The molecule has 0 fully saturated rings. The van der Waals surface area contributed by atoms with Crippen molar-refractivity contribution in [2.75, 3.05) is 11.9 Å². The van der Waals surface area contributed by atoms with E-state index >= 15 is 0 Å². The first kappa shape index (κ1) is 20.1. The van der Waals surface area contributed by atoms with Crippen molar-refractivity contribution in [1.82, 2.24) is 4.98 Å². The van der Waals surface area contributed by atoms with Crippen LogP contribution in [0.15, 0.2) is 54.6 Å². The highest BCUT2D eigenvalue weighted by atomic mass is 32.1. The minimum absolute atomic E-state index is 0.132. The number of aromatic nitrogens is 1. The third kappa shape index (κ3) is 5.67. The number of hydrogen-bond donors (Lipinski definition) is 1. The highest BCUT2D eigenvalue weighted by molar-refractivity contribution is 7.18. The van der Waals surface area contributed by atoms with Crippen molar-refractivity contribution in [2.45, 2.75) is 39.5 Å². The molecule has 0 aliphatic heterocycles. The van der Waals surface area contributed by atoms with Crippen molar-refractivity contribution in [3.05, 3.63) is 65.2 Å². The van der Waals surface area contributed by atoms with Gasteiger partial charge in [-0.25, -0.2) is 4.98 Å². The first-order chi connectivity index (χ1) is 13.7. The zero-order valence-corrected chi connectivity index (χ0v) is 17.2. The van der Waals surface area contributed by atoms with Crippen LogP contribution in [0, 0.1) is 6.92 Å². The van der Waals surface area contributed by atoms with Crippen molar-refractivity contribution in [2.24, 2.45) is 0 Å². The van der Waals surface area contributed by atoms with Gasteiger partial charge in [-0.05, 0) is 62.9 Å². The van der Waals surface area contributed by atoms with Crippen LogP contribution in [0.4, 0.5) is 5.69 Å². The second-order valence-corrected chi connectivity index (χ2v) is 7.86. The van der Waals surface area contributed by atoms with Crippen LogP contribution in [-0.2, 0) is 0 Å². The Morgan fingerprint density at radius 2 is 2.07 bits per heavy atom. The number of aryl methyl sites for hydroxylation is 1. The van der Waals surface area contributed by atoms with Crippen LogP contribution >= 0.6 is 11.3 Å². The number of hydrogen-bond acceptors (Lipinski definition) is 4. The molecular weight excluding hydrogens is 368 g/mol. The first-order valence-corrected chi connectivity index (χ1v) is 10.5. The number of nitrogens with zero attached hydrogens (tertiary/aromatic N) is 1. The molecular formula is C23H26N2O2S. The molecule has 1 heterocycles. The second-order valence-electron chi connectivity index (χ2n) is 6.62. The van der Waals surface area contributed by atoms with Gasteiger partial charge in [-0.15, -0.1) is 11.3 Å². The number of thiazole rings is 1. The summed E-state index contributed by atoms with van der Waals surface area (Å²) in [6.45, 7) is 4.79. The fraction of sp³-hybridized carbons (Fsp3) is 0.304. The Kier molecular flexibility index (Phi) is 7.20. The van der Waals surface area contributed by atoms with Gasteiger partial charge in [0.2, 0.25) is 0 Å². The SMILES string of the molecule is CCC=CCCCCOc1cccc(NC(=O)c2ccc3nc(C)sc3c2)c1. The Morgan fingerprint density at radius 1 is 1.18 bits per heavy atom. The highest BCUT2D eigenvalue weighted by Gasteiger charge is 2.09. The fourth-order valence-corrected chi connectivity index (χ4v) is 3.75. The number of ether oxygens (including phenoxy) is 1. The number of benzene rings is 2. The largest absolute Gasteiger partial charge is 0.494 e. The number of unbranched alkanes of at least 4 members (excludes halogenated alkanes) is 2. The van der Waals surface area contributed by atoms with Crippen molar-refractivity contribution >= 4 is 33.1 Å². The van der Waals surface area contributed by atoms with Crippen molar-refractivity contribution in [1.29, 1.82) is 0 Å². The Balaban J connectivity index is 1.54. The van der Waals surface area contributed by atoms with Crippen LogP contribution in [0.2, 0.25) is 0 Å². The zero-order chi connectivity index (χ0) is 19.8. The monoisotopic (exact) mass is 394 g/mol. The molecule has 1 N–H and O–H groups in total. The predicted molar refractivity (Wildman–Crippen MR) is 118 cm³/mol. The van der Waals surface area contributed by atoms with Crippen molar-refractivity contribution < 1.29 is 9.53 Å². The number of allylic oxidation sites excluding steroid dienone is 2. The lowest BCUT2D eigenvalue weighted by Crippen LogP contribution is -2.11. The smallest absolute Gasteiger partial charge is 0.255 e. The van der Waals surface area contributed by atoms with E-state index in [4.69, 9.17) is 4.74 Å². The van der Waals surface area contributed by atoms with E-state index in [0.29, 0.717) is 12.2 Å². The molecule has 0 spiro atoms. The lowest BCUT2D eigenvalue weighted by Gasteiger charge is -2.09. The van der Waals surface area contributed by atoms with Gasteiger partial charge in [0, 0.05) is 17.3 Å².